The second-order valence-electron chi connectivity index (χ2n) is 0.408. The molecule has 0 aliphatic heterocycles. The number of hydrogen-bond donors (Lipinski definition) is 0. The topological polar surface area (TPSA) is 80.3 Å². The maximum absolute atomic E-state index is 9.09. The predicted molar refractivity (Wildman–Crippen MR) is 19.0 cm³/mol. The third-order valence-electron chi connectivity index (χ3n) is 0.111. The quantitative estimate of drug-likeness (QED) is 0.246. The van der Waals surface area contributed by atoms with E-state index in [9.17, 15) is 0 Å². The molecule has 9 heteroatoms. The Kier molecular flexibility index (Phi) is 36.8. The molecule has 0 aliphatic rings. The van der Waals surface area contributed by atoms with Crippen LogP contribution >= 0.6 is 0 Å². The molecule has 0 N–H and O–H groups in total. The molecule has 2 atom stereocenters. The van der Waals surface area contributed by atoms with Gasteiger partial charge in [-0.2, -0.15) is 0 Å². The standard InChI is InChI=1S/K.2Na.H2O4S2.H/c;;;1-5(2)6(3)4;/h;;;(H,1,2)(H,3,4);/q3*+1;;-1/p-2. The van der Waals surface area contributed by atoms with E-state index >= 15 is 0 Å². The molecule has 0 heterocycles. The van der Waals surface area contributed by atoms with E-state index in [1.807, 2.05) is 0 Å². The van der Waals surface area contributed by atoms with Gasteiger partial charge in [0.2, 0.25) is 0 Å². The molecule has 0 aromatic rings. The van der Waals surface area contributed by atoms with Crippen LogP contribution in [0.15, 0.2) is 0 Å². The van der Waals surface area contributed by atoms with Gasteiger partial charge in [0.05, 0.1) is 0 Å². The van der Waals surface area contributed by atoms with Gasteiger partial charge < -0.3 is 10.5 Å². The van der Waals surface area contributed by atoms with E-state index in [-0.39, 0.29) is 112 Å². The Morgan fingerprint density at radius 3 is 1.11 bits per heavy atom. The summed E-state index contributed by atoms with van der Waals surface area (Å²) in [6.45, 7) is 0. The Labute approximate surface area is 146 Å². The predicted octanol–water partition coefficient (Wildman–Crippen LogP) is -10.2. The van der Waals surface area contributed by atoms with Crippen molar-refractivity contribution >= 4 is 20.2 Å². The molecule has 0 saturated carbocycles. The van der Waals surface area contributed by atoms with Crippen LogP contribution in [0, 0.1) is 0 Å². The molecule has 0 radical (unpaired) electrons. The van der Waals surface area contributed by atoms with Crippen LogP contribution in [-0.4, -0.2) is 17.5 Å². The van der Waals surface area contributed by atoms with Gasteiger partial charge >= 0.3 is 110 Å². The molecule has 0 saturated heterocycles. The minimum atomic E-state index is -2.95. The van der Waals surface area contributed by atoms with Gasteiger partial charge in [0.15, 0.2) is 0 Å². The van der Waals surface area contributed by atoms with Crippen LogP contribution in [0.3, 0.4) is 0 Å². The Morgan fingerprint density at radius 1 is 1.00 bits per heavy atom. The van der Waals surface area contributed by atoms with Crippen molar-refractivity contribution in [3.8, 4) is 0 Å². The van der Waals surface area contributed by atoms with Crippen molar-refractivity contribution in [2.45, 2.75) is 0 Å². The molecule has 0 spiro atoms. The van der Waals surface area contributed by atoms with E-state index in [1.165, 1.54) is 0 Å². The van der Waals surface area contributed by atoms with Crippen LogP contribution in [-0.2, 0) is 20.2 Å². The molecule has 9 heavy (non-hydrogen) atoms. The first-order valence-electron chi connectivity index (χ1n) is 0.833. The largest absolute Gasteiger partial charge is 1.00 e. The average molecular weight is 214 g/mol. The summed E-state index contributed by atoms with van der Waals surface area (Å²) >= 11 is 0. The van der Waals surface area contributed by atoms with Gasteiger partial charge in [0.1, 0.15) is 0 Å². The smallest absolute Gasteiger partial charge is 1.00 e. The van der Waals surface area contributed by atoms with Crippen LogP contribution in [0.4, 0.5) is 0 Å². The first-order chi connectivity index (χ1) is 2.64. The fourth-order valence-corrected chi connectivity index (χ4v) is 0. The van der Waals surface area contributed by atoms with Gasteiger partial charge in [-0.05, 0) is 0 Å². The van der Waals surface area contributed by atoms with Crippen molar-refractivity contribution in [1.29, 1.82) is 0 Å². The second-order valence-corrected chi connectivity index (χ2v) is 2.86. The Morgan fingerprint density at radius 2 is 1.11 bits per heavy atom. The molecule has 4 nitrogen and oxygen atoms in total. The van der Waals surface area contributed by atoms with Gasteiger partial charge in [-0.1, -0.05) is 0 Å². The van der Waals surface area contributed by atoms with Crippen LogP contribution < -0.4 is 110 Å². The second kappa shape index (κ2) is 14.4. The number of hydrogen-bond acceptors (Lipinski definition) is 4. The molecule has 0 aliphatic carbocycles. The Balaban J connectivity index is -0.0000000208. The summed E-state index contributed by atoms with van der Waals surface area (Å²) in [6, 6.07) is 0. The van der Waals surface area contributed by atoms with E-state index in [0.717, 1.165) is 0 Å². The molecule has 2 unspecified atom stereocenters. The van der Waals surface area contributed by atoms with Crippen molar-refractivity contribution in [2.75, 3.05) is 0 Å². The zero-order valence-corrected chi connectivity index (χ0v) is 14.2. The fourth-order valence-electron chi connectivity index (χ4n) is 0. The summed E-state index contributed by atoms with van der Waals surface area (Å²) in [5.74, 6) is 0. The fraction of sp³-hybridized carbons (Fsp3) is 0. The summed E-state index contributed by atoms with van der Waals surface area (Å²) in [7, 11) is -5.90. The van der Waals surface area contributed by atoms with E-state index in [0.29, 0.717) is 0 Å². The molecular formula is HKNa2O4S2. The Hall–Kier alpha value is 3.86. The molecule has 0 amide bonds. The van der Waals surface area contributed by atoms with Crippen molar-refractivity contribution in [3.05, 3.63) is 0 Å². The third kappa shape index (κ3) is 18.7. The average Bonchev–Trinajstić information content (AvgIpc) is 1.36. The van der Waals surface area contributed by atoms with Gasteiger partial charge in [0.25, 0.3) is 0 Å². The van der Waals surface area contributed by atoms with Crippen molar-refractivity contribution in [2.24, 2.45) is 0 Å². The summed E-state index contributed by atoms with van der Waals surface area (Å²) in [4.78, 5) is 0. The first-order valence-corrected chi connectivity index (χ1v) is 3.50. The molecule has 0 aromatic heterocycles. The third-order valence-corrected chi connectivity index (χ3v) is 1.00. The monoisotopic (exact) mass is 214 g/mol. The van der Waals surface area contributed by atoms with E-state index < -0.39 is 20.2 Å². The molecule has 0 rings (SSSR count). The van der Waals surface area contributed by atoms with Gasteiger partial charge in [0, 0.05) is 20.2 Å². The van der Waals surface area contributed by atoms with Gasteiger partial charge in [-0.15, -0.1) is 0 Å². The first kappa shape index (κ1) is 23.0. The van der Waals surface area contributed by atoms with Crippen LogP contribution in [0.1, 0.15) is 1.43 Å². The zero-order valence-electron chi connectivity index (χ0n) is 6.45. The summed E-state index contributed by atoms with van der Waals surface area (Å²) in [5, 5.41) is 0. The van der Waals surface area contributed by atoms with E-state index in [1.54, 1.807) is 0 Å². The maximum atomic E-state index is 9.09. The summed E-state index contributed by atoms with van der Waals surface area (Å²) in [6.07, 6.45) is 0. The molecular weight excluding hydrogens is 213 g/mol. The van der Waals surface area contributed by atoms with E-state index in [4.69, 9.17) is 17.5 Å². The van der Waals surface area contributed by atoms with Crippen molar-refractivity contribution in [1.82, 2.24) is 0 Å². The summed E-state index contributed by atoms with van der Waals surface area (Å²) < 4.78 is 36.3. The van der Waals surface area contributed by atoms with Crippen molar-refractivity contribution < 1.29 is 129 Å². The minimum absolute atomic E-state index is 0. The molecule has 0 aromatic carbocycles. The van der Waals surface area contributed by atoms with Gasteiger partial charge in [-0.25, -0.2) is 0 Å². The van der Waals surface area contributed by atoms with Crippen LogP contribution in [0.2, 0.25) is 0 Å². The molecule has 0 bridgehead atoms. The minimum Gasteiger partial charge on any atom is -1.00 e. The summed E-state index contributed by atoms with van der Waals surface area (Å²) in [5.41, 5.74) is 0. The van der Waals surface area contributed by atoms with Gasteiger partial charge in [-0.3, -0.25) is 8.42 Å². The van der Waals surface area contributed by atoms with E-state index in [2.05, 4.69) is 0 Å². The zero-order chi connectivity index (χ0) is 5.15. The normalized spacial score (nSPS) is 13.1. The SMILES string of the molecule is O=S([O-])S(=O)[O-].[H-].[K+].[Na+].[Na+]. The molecule has 0 fully saturated rings. The molecule has 40 valence electrons. The number of rotatable bonds is 1. The maximum Gasteiger partial charge on any atom is 1.00 e. The van der Waals surface area contributed by atoms with Crippen molar-refractivity contribution in [3.63, 3.8) is 0 Å². The van der Waals surface area contributed by atoms with Crippen LogP contribution in [0.5, 0.6) is 0 Å². The van der Waals surface area contributed by atoms with Crippen LogP contribution in [0.25, 0.3) is 0 Å². The Bertz CT molecular complexity index is 87.3.